The third-order valence-electron chi connectivity index (χ3n) is 5.54. The van der Waals surface area contributed by atoms with Crippen molar-refractivity contribution < 1.29 is 22.7 Å². The number of oxime groups is 1. The standard InChI is InChI=1S/C22H24F3N3O2.ClH/c1-29-21-5-3-2-4-20(21)28-12-10-27(11-13-28)15-18-14-19(26-30-18)16-6-8-17(9-7-16)22(23,24)25;/h2-9,18H,10-15H2,1H3;1H. The molecule has 0 bridgehead atoms. The van der Waals surface area contributed by atoms with Gasteiger partial charge in [-0.15, -0.1) is 12.4 Å². The maximum absolute atomic E-state index is 12.7. The van der Waals surface area contributed by atoms with Gasteiger partial charge in [0.15, 0.2) is 0 Å². The van der Waals surface area contributed by atoms with Gasteiger partial charge in [0, 0.05) is 39.1 Å². The zero-order chi connectivity index (χ0) is 21.1. The van der Waals surface area contributed by atoms with Gasteiger partial charge in [0.2, 0.25) is 0 Å². The molecule has 2 heterocycles. The molecule has 0 amide bonds. The molecular weight excluding hydrogens is 431 g/mol. The lowest BCUT2D eigenvalue weighted by Gasteiger charge is -2.37. The Kier molecular flexibility index (Phi) is 7.33. The first-order valence-electron chi connectivity index (χ1n) is 9.94. The van der Waals surface area contributed by atoms with Gasteiger partial charge >= 0.3 is 6.18 Å². The summed E-state index contributed by atoms with van der Waals surface area (Å²) in [5.74, 6) is 0.875. The topological polar surface area (TPSA) is 37.3 Å². The van der Waals surface area contributed by atoms with E-state index in [1.165, 1.54) is 12.1 Å². The van der Waals surface area contributed by atoms with Gasteiger partial charge in [0.25, 0.3) is 0 Å². The second-order valence-corrected chi connectivity index (χ2v) is 7.50. The van der Waals surface area contributed by atoms with Crippen LogP contribution in [0.3, 0.4) is 0 Å². The lowest BCUT2D eigenvalue weighted by molar-refractivity contribution is -0.137. The van der Waals surface area contributed by atoms with E-state index in [9.17, 15) is 13.2 Å². The number of ether oxygens (including phenoxy) is 1. The fourth-order valence-electron chi connectivity index (χ4n) is 3.90. The molecule has 1 atom stereocenters. The van der Waals surface area contributed by atoms with Gasteiger partial charge < -0.3 is 14.5 Å². The van der Waals surface area contributed by atoms with E-state index < -0.39 is 11.7 Å². The summed E-state index contributed by atoms with van der Waals surface area (Å²) in [4.78, 5) is 10.2. The smallest absolute Gasteiger partial charge is 0.416 e. The Bertz CT molecular complexity index is 898. The lowest BCUT2D eigenvalue weighted by atomic mass is 10.0. The highest BCUT2D eigenvalue weighted by Crippen LogP contribution is 2.30. The molecule has 1 saturated heterocycles. The van der Waals surface area contributed by atoms with E-state index in [1.54, 1.807) is 7.11 Å². The van der Waals surface area contributed by atoms with Gasteiger partial charge in [0.1, 0.15) is 11.9 Å². The van der Waals surface area contributed by atoms with Crippen LogP contribution in [0.15, 0.2) is 53.7 Å². The van der Waals surface area contributed by atoms with Gasteiger partial charge in [-0.1, -0.05) is 29.4 Å². The molecule has 0 aliphatic carbocycles. The molecule has 0 spiro atoms. The maximum Gasteiger partial charge on any atom is 0.416 e. The van der Waals surface area contributed by atoms with E-state index in [4.69, 9.17) is 9.57 Å². The lowest BCUT2D eigenvalue weighted by Crippen LogP contribution is -2.48. The second kappa shape index (κ2) is 9.78. The Morgan fingerprint density at radius 2 is 1.71 bits per heavy atom. The molecule has 2 aliphatic heterocycles. The molecule has 1 fully saturated rings. The average Bonchev–Trinajstić information content (AvgIpc) is 3.22. The van der Waals surface area contributed by atoms with Crippen molar-refractivity contribution >= 4 is 23.8 Å². The number of piperazine rings is 1. The Morgan fingerprint density at radius 3 is 2.35 bits per heavy atom. The average molecular weight is 456 g/mol. The predicted octanol–water partition coefficient (Wildman–Crippen LogP) is 4.45. The number of nitrogens with zero attached hydrogens (tertiary/aromatic N) is 3. The van der Waals surface area contributed by atoms with E-state index in [0.717, 1.165) is 56.3 Å². The third-order valence-corrected chi connectivity index (χ3v) is 5.54. The highest BCUT2D eigenvalue weighted by molar-refractivity contribution is 6.01. The number of para-hydroxylation sites is 2. The fourth-order valence-corrected chi connectivity index (χ4v) is 3.90. The molecule has 1 unspecified atom stereocenters. The summed E-state index contributed by atoms with van der Waals surface area (Å²) in [5, 5.41) is 4.11. The quantitative estimate of drug-likeness (QED) is 0.667. The van der Waals surface area contributed by atoms with E-state index in [2.05, 4.69) is 21.0 Å². The van der Waals surface area contributed by atoms with Crippen LogP contribution >= 0.6 is 12.4 Å². The summed E-state index contributed by atoms with van der Waals surface area (Å²) >= 11 is 0. The van der Waals surface area contributed by atoms with Crippen molar-refractivity contribution in [2.45, 2.75) is 18.7 Å². The Hall–Kier alpha value is -2.45. The number of rotatable bonds is 5. The minimum Gasteiger partial charge on any atom is -0.495 e. The van der Waals surface area contributed by atoms with Crippen molar-refractivity contribution in [1.82, 2.24) is 4.90 Å². The van der Waals surface area contributed by atoms with E-state index >= 15 is 0 Å². The summed E-state index contributed by atoms with van der Waals surface area (Å²) < 4.78 is 43.6. The number of anilines is 1. The molecule has 2 aromatic carbocycles. The van der Waals surface area contributed by atoms with Gasteiger partial charge in [-0.05, 0) is 29.8 Å². The van der Waals surface area contributed by atoms with Gasteiger partial charge in [0.05, 0.1) is 24.1 Å². The second-order valence-electron chi connectivity index (χ2n) is 7.50. The fraction of sp³-hybridized carbons (Fsp3) is 0.409. The van der Waals surface area contributed by atoms with Crippen LogP contribution in [0.25, 0.3) is 0 Å². The van der Waals surface area contributed by atoms with Crippen molar-refractivity contribution in [1.29, 1.82) is 0 Å². The Morgan fingerprint density at radius 1 is 1.03 bits per heavy atom. The minimum absolute atomic E-state index is 0. The van der Waals surface area contributed by atoms with Crippen LogP contribution in [0.5, 0.6) is 5.75 Å². The molecule has 0 aromatic heterocycles. The molecule has 0 saturated carbocycles. The first-order chi connectivity index (χ1) is 14.4. The minimum atomic E-state index is -4.33. The number of hydrogen-bond acceptors (Lipinski definition) is 5. The molecule has 2 aliphatic rings. The molecular formula is C22H25ClF3N3O2. The van der Waals surface area contributed by atoms with Gasteiger partial charge in [-0.2, -0.15) is 13.2 Å². The maximum atomic E-state index is 12.7. The van der Waals surface area contributed by atoms with Crippen molar-refractivity contribution in [2.75, 3.05) is 44.7 Å². The van der Waals surface area contributed by atoms with Gasteiger partial charge in [-0.25, -0.2) is 0 Å². The summed E-state index contributed by atoms with van der Waals surface area (Å²) in [6.45, 7) is 4.31. The largest absolute Gasteiger partial charge is 0.495 e. The van der Waals surface area contributed by atoms with Crippen molar-refractivity contribution in [3.8, 4) is 5.75 Å². The normalized spacial score (nSPS) is 19.4. The molecule has 31 heavy (non-hydrogen) atoms. The third kappa shape index (κ3) is 5.43. The van der Waals surface area contributed by atoms with E-state index in [-0.39, 0.29) is 18.5 Å². The first kappa shape index (κ1) is 23.2. The molecule has 0 radical (unpaired) electrons. The predicted molar refractivity (Wildman–Crippen MR) is 116 cm³/mol. The van der Waals surface area contributed by atoms with E-state index in [0.29, 0.717) is 17.7 Å². The van der Waals surface area contributed by atoms with Crippen molar-refractivity contribution in [3.63, 3.8) is 0 Å². The summed E-state index contributed by atoms with van der Waals surface area (Å²) in [5.41, 5.74) is 1.81. The molecule has 0 N–H and O–H groups in total. The number of methoxy groups -OCH3 is 1. The number of benzene rings is 2. The zero-order valence-electron chi connectivity index (χ0n) is 17.1. The Labute approximate surface area is 185 Å². The molecule has 2 aromatic rings. The Balaban J connectivity index is 0.00000272. The highest BCUT2D eigenvalue weighted by atomic mass is 35.5. The summed E-state index contributed by atoms with van der Waals surface area (Å²) in [6, 6.07) is 13.1. The summed E-state index contributed by atoms with van der Waals surface area (Å²) in [6.07, 6.45) is -3.82. The van der Waals surface area contributed by atoms with Crippen LogP contribution in [0.2, 0.25) is 0 Å². The van der Waals surface area contributed by atoms with Crippen LogP contribution in [0.1, 0.15) is 17.5 Å². The molecule has 4 rings (SSSR count). The van der Waals surface area contributed by atoms with Crippen LogP contribution in [-0.4, -0.2) is 56.5 Å². The van der Waals surface area contributed by atoms with E-state index in [1.807, 2.05) is 18.2 Å². The van der Waals surface area contributed by atoms with Crippen molar-refractivity contribution in [2.24, 2.45) is 5.16 Å². The molecule has 168 valence electrons. The first-order valence-corrected chi connectivity index (χ1v) is 9.94. The number of hydrogen-bond donors (Lipinski definition) is 0. The van der Waals surface area contributed by atoms with Crippen LogP contribution in [-0.2, 0) is 11.0 Å². The highest BCUT2D eigenvalue weighted by Gasteiger charge is 2.31. The van der Waals surface area contributed by atoms with Crippen LogP contribution in [0.4, 0.5) is 18.9 Å². The summed E-state index contributed by atoms with van der Waals surface area (Å²) in [7, 11) is 1.68. The molecule has 9 heteroatoms. The SMILES string of the molecule is COc1ccccc1N1CCN(CC2CC(c3ccc(C(F)(F)F)cc3)=NO2)CC1.Cl. The van der Waals surface area contributed by atoms with Gasteiger partial charge in [-0.3, -0.25) is 4.90 Å². The van der Waals surface area contributed by atoms with Crippen LogP contribution < -0.4 is 9.64 Å². The monoisotopic (exact) mass is 455 g/mol. The van der Waals surface area contributed by atoms with Crippen molar-refractivity contribution in [3.05, 3.63) is 59.7 Å². The molecule has 5 nitrogen and oxygen atoms in total. The zero-order valence-corrected chi connectivity index (χ0v) is 18.0. The van der Waals surface area contributed by atoms with Crippen LogP contribution in [0, 0.1) is 0 Å². The number of halogens is 4. The number of alkyl halides is 3.